The van der Waals surface area contributed by atoms with Gasteiger partial charge in [0.2, 0.25) is 10.0 Å². The molecule has 1 atom stereocenters. The second-order valence-corrected chi connectivity index (χ2v) is 7.00. The summed E-state index contributed by atoms with van der Waals surface area (Å²) in [6.45, 7) is 7.58. The Kier molecular flexibility index (Phi) is 5.98. The number of aliphatic hydroxyl groups excluding tert-OH is 1. The van der Waals surface area contributed by atoms with Crippen LogP contribution < -0.4 is 9.46 Å². The van der Waals surface area contributed by atoms with Gasteiger partial charge in [0.05, 0.1) is 11.0 Å². The van der Waals surface area contributed by atoms with E-state index in [1.165, 1.54) is 6.07 Å². The van der Waals surface area contributed by atoms with Gasteiger partial charge < -0.3 is 9.84 Å². The van der Waals surface area contributed by atoms with Gasteiger partial charge in [-0.15, -0.1) is 0 Å². The van der Waals surface area contributed by atoms with E-state index in [0.717, 1.165) is 5.56 Å². The summed E-state index contributed by atoms with van der Waals surface area (Å²) in [6, 6.07) is 4.78. The first-order valence-corrected chi connectivity index (χ1v) is 8.12. The Morgan fingerprint density at radius 3 is 2.45 bits per heavy atom. The predicted molar refractivity (Wildman–Crippen MR) is 78.4 cm³/mol. The van der Waals surface area contributed by atoms with Crippen LogP contribution in [0.15, 0.2) is 23.1 Å². The highest BCUT2D eigenvalue weighted by Crippen LogP contribution is 2.22. The molecule has 0 spiro atoms. The Bertz CT molecular complexity index is 540. The number of hydrogen-bond acceptors (Lipinski definition) is 4. The lowest BCUT2D eigenvalue weighted by Gasteiger charge is -2.14. The van der Waals surface area contributed by atoms with Crippen LogP contribution in [0.25, 0.3) is 0 Å². The van der Waals surface area contributed by atoms with Crippen LogP contribution in [0.5, 0.6) is 5.75 Å². The molecule has 1 rings (SSSR count). The summed E-state index contributed by atoms with van der Waals surface area (Å²) in [5, 5.41) is 8.92. The third-order valence-corrected chi connectivity index (χ3v) is 4.17. The zero-order valence-corrected chi connectivity index (χ0v) is 13.2. The fourth-order valence-corrected chi connectivity index (χ4v) is 2.82. The minimum absolute atomic E-state index is 0.0414. The minimum atomic E-state index is -3.55. The molecule has 0 aromatic heterocycles. The molecular weight excluding hydrogens is 278 g/mol. The summed E-state index contributed by atoms with van der Waals surface area (Å²) in [7, 11) is -3.55. The predicted octanol–water partition coefficient (Wildman–Crippen LogP) is 1.69. The molecule has 0 saturated carbocycles. The molecule has 2 N–H and O–H groups in total. The Labute approximate surface area is 121 Å². The van der Waals surface area contributed by atoms with Crippen LogP contribution >= 0.6 is 0 Å². The zero-order valence-electron chi connectivity index (χ0n) is 12.4. The fraction of sp³-hybridized carbons (Fsp3) is 0.571. The van der Waals surface area contributed by atoms with Crippen molar-refractivity contribution in [2.45, 2.75) is 38.7 Å². The van der Waals surface area contributed by atoms with E-state index in [-0.39, 0.29) is 30.1 Å². The Hall–Kier alpha value is -1.11. The molecule has 0 radical (unpaired) electrons. The quantitative estimate of drug-likeness (QED) is 0.803. The SMILES string of the molecule is Cc1cc(S(=O)(=O)NCC(C)CO)ccc1OC(C)C. The minimum Gasteiger partial charge on any atom is -0.491 e. The average molecular weight is 301 g/mol. The molecule has 0 aliphatic rings. The molecule has 1 unspecified atom stereocenters. The summed E-state index contributed by atoms with van der Waals surface area (Å²) < 4.78 is 32.3. The van der Waals surface area contributed by atoms with Crippen molar-refractivity contribution in [3.8, 4) is 5.75 Å². The molecule has 0 aliphatic carbocycles. The van der Waals surface area contributed by atoms with Gasteiger partial charge in [0.25, 0.3) is 0 Å². The number of ether oxygens (including phenoxy) is 1. The summed E-state index contributed by atoms with van der Waals surface area (Å²) >= 11 is 0. The first kappa shape index (κ1) is 16.9. The largest absolute Gasteiger partial charge is 0.491 e. The van der Waals surface area contributed by atoms with Gasteiger partial charge in [-0.1, -0.05) is 6.92 Å². The van der Waals surface area contributed by atoms with Crippen molar-refractivity contribution in [1.29, 1.82) is 0 Å². The van der Waals surface area contributed by atoms with E-state index in [1.54, 1.807) is 19.1 Å². The van der Waals surface area contributed by atoms with E-state index < -0.39 is 10.0 Å². The molecule has 0 bridgehead atoms. The molecule has 0 fully saturated rings. The second-order valence-electron chi connectivity index (χ2n) is 5.23. The highest BCUT2D eigenvalue weighted by atomic mass is 32.2. The first-order valence-electron chi connectivity index (χ1n) is 6.64. The number of aryl methyl sites for hydroxylation is 1. The lowest BCUT2D eigenvalue weighted by molar-refractivity contribution is 0.238. The van der Waals surface area contributed by atoms with E-state index in [2.05, 4.69) is 4.72 Å². The Morgan fingerprint density at radius 2 is 1.95 bits per heavy atom. The third-order valence-electron chi connectivity index (χ3n) is 2.75. The number of rotatable bonds is 7. The summed E-state index contributed by atoms with van der Waals surface area (Å²) in [4.78, 5) is 0.205. The van der Waals surface area contributed by atoms with Crippen molar-refractivity contribution >= 4 is 10.0 Å². The average Bonchev–Trinajstić information content (AvgIpc) is 2.37. The van der Waals surface area contributed by atoms with Crippen LogP contribution in [0.4, 0.5) is 0 Å². The molecule has 1 aromatic rings. The van der Waals surface area contributed by atoms with Crippen molar-refractivity contribution in [2.24, 2.45) is 5.92 Å². The molecule has 0 aliphatic heterocycles. The van der Waals surface area contributed by atoms with Gasteiger partial charge in [-0.05, 0) is 50.5 Å². The first-order chi connectivity index (χ1) is 9.26. The third kappa shape index (κ3) is 4.77. The van der Waals surface area contributed by atoms with E-state index in [4.69, 9.17) is 9.84 Å². The molecule has 20 heavy (non-hydrogen) atoms. The Balaban J connectivity index is 2.88. The maximum absolute atomic E-state index is 12.1. The molecule has 114 valence electrons. The number of sulfonamides is 1. The molecule has 0 saturated heterocycles. The second kappa shape index (κ2) is 7.06. The fourth-order valence-electron chi connectivity index (χ4n) is 1.58. The number of hydrogen-bond donors (Lipinski definition) is 2. The van der Waals surface area contributed by atoms with Crippen molar-refractivity contribution in [3.63, 3.8) is 0 Å². The van der Waals surface area contributed by atoms with E-state index >= 15 is 0 Å². The van der Waals surface area contributed by atoms with Crippen molar-refractivity contribution < 1.29 is 18.3 Å². The zero-order chi connectivity index (χ0) is 15.3. The van der Waals surface area contributed by atoms with Crippen molar-refractivity contribution in [1.82, 2.24) is 4.72 Å². The van der Waals surface area contributed by atoms with Crippen molar-refractivity contribution in [3.05, 3.63) is 23.8 Å². The normalized spacial score (nSPS) is 13.5. The van der Waals surface area contributed by atoms with Gasteiger partial charge in [0, 0.05) is 13.2 Å². The summed E-state index contributed by atoms with van der Waals surface area (Å²) in [6.07, 6.45) is 0.0414. The topological polar surface area (TPSA) is 75.6 Å². The van der Waals surface area contributed by atoms with Crippen LogP contribution in [0.1, 0.15) is 26.3 Å². The molecule has 0 heterocycles. The standard InChI is InChI=1S/C14H23NO4S/c1-10(2)19-14-6-5-13(7-12(14)4)20(17,18)15-8-11(3)9-16/h5-7,10-11,15-16H,8-9H2,1-4H3. The number of aliphatic hydroxyl groups is 1. The van der Waals surface area contributed by atoms with Gasteiger partial charge in [-0.25, -0.2) is 13.1 Å². The number of benzene rings is 1. The van der Waals surface area contributed by atoms with Crippen molar-refractivity contribution in [2.75, 3.05) is 13.2 Å². The molecular formula is C14H23NO4S. The molecule has 0 amide bonds. The van der Waals surface area contributed by atoms with Crippen LogP contribution in [-0.2, 0) is 10.0 Å². The molecule has 6 heteroatoms. The van der Waals surface area contributed by atoms with E-state index in [9.17, 15) is 8.42 Å². The van der Waals surface area contributed by atoms with Crippen LogP contribution in [0, 0.1) is 12.8 Å². The molecule has 5 nitrogen and oxygen atoms in total. The van der Waals surface area contributed by atoms with Crippen LogP contribution in [-0.4, -0.2) is 32.8 Å². The highest BCUT2D eigenvalue weighted by Gasteiger charge is 2.16. The van der Waals surface area contributed by atoms with Crippen LogP contribution in [0.3, 0.4) is 0 Å². The maximum atomic E-state index is 12.1. The number of nitrogens with one attached hydrogen (secondary N) is 1. The van der Waals surface area contributed by atoms with Gasteiger partial charge in [-0.3, -0.25) is 0 Å². The monoisotopic (exact) mass is 301 g/mol. The van der Waals surface area contributed by atoms with Gasteiger partial charge in [-0.2, -0.15) is 0 Å². The highest BCUT2D eigenvalue weighted by molar-refractivity contribution is 7.89. The smallest absolute Gasteiger partial charge is 0.240 e. The Morgan fingerprint density at radius 1 is 1.30 bits per heavy atom. The summed E-state index contributed by atoms with van der Waals surface area (Å²) in [5.74, 6) is 0.567. The lowest BCUT2D eigenvalue weighted by Crippen LogP contribution is -2.29. The van der Waals surface area contributed by atoms with Gasteiger partial charge >= 0.3 is 0 Å². The lowest BCUT2D eigenvalue weighted by atomic mass is 10.2. The maximum Gasteiger partial charge on any atom is 0.240 e. The van der Waals surface area contributed by atoms with E-state index in [0.29, 0.717) is 5.75 Å². The van der Waals surface area contributed by atoms with Crippen LogP contribution in [0.2, 0.25) is 0 Å². The summed E-state index contributed by atoms with van der Waals surface area (Å²) in [5.41, 5.74) is 0.775. The van der Waals surface area contributed by atoms with Gasteiger partial charge in [0.15, 0.2) is 0 Å². The molecule has 1 aromatic carbocycles. The van der Waals surface area contributed by atoms with E-state index in [1.807, 2.05) is 20.8 Å². The van der Waals surface area contributed by atoms with Gasteiger partial charge in [0.1, 0.15) is 5.75 Å².